The first kappa shape index (κ1) is 24.2. The summed E-state index contributed by atoms with van der Waals surface area (Å²) in [5, 5.41) is 14.3. The van der Waals surface area contributed by atoms with E-state index in [9.17, 15) is 9.59 Å². The van der Waals surface area contributed by atoms with Crippen molar-refractivity contribution in [2.75, 3.05) is 17.7 Å². The smallest absolute Gasteiger partial charge is 0.258 e. The van der Waals surface area contributed by atoms with Crippen LogP contribution >= 0.6 is 11.8 Å². The first-order valence-electron chi connectivity index (χ1n) is 10.6. The molecule has 2 heterocycles. The number of benzene rings is 1. The standard InChI is InChI=1S/C23H28N6O3S/c1-15(2)17-7-9-18(10-8-17)32-13-20(30)25-12-19-27-28-23(29(19)4)33-14-21(31)26-22-16(3)6-5-11-24-22/h5-11,15H,12-14H2,1-4H3,(H,25,30)(H,24,26,31). The molecule has 0 aliphatic heterocycles. The first-order valence-corrected chi connectivity index (χ1v) is 11.5. The van der Waals surface area contributed by atoms with Gasteiger partial charge in [0.25, 0.3) is 5.91 Å². The molecule has 0 aliphatic rings. The highest BCUT2D eigenvalue weighted by Gasteiger charge is 2.13. The fraction of sp³-hybridized carbons (Fsp3) is 0.348. The lowest BCUT2D eigenvalue weighted by atomic mass is 10.0. The van der Waals surface area contributed by atoms with Gasteiger partial charge in [-0.15, -0.1) is 10.2 Å². The van der Waals surface area contributed by atoms with Crippen molar-refractivity contribution in [3.63, 3.8) is 0 Å². The van der Waals surface area contributed by atoms with Gasteiger partial charge in [0, 0.05) is 13.2 Å². The Morgan fingerprint density at radius 3 is 2.58 bits per heavy atom. The maximum Gasteiger partial charge on any atom is 0.258 e. The Bertz CT molecular complexity index is 1100. The van der Waals surface area contributed by atoms with E-state index in [1.807, 2.05) is 43.3 Å². The van der Waals surface area contributed by atoms with E-state index < -0.39 is 0 Å². The number of anilines is 1. The summed E-state index contributed by atoms with van der Waals surface area (Å²) in [6.07, 6.45) is 1.63. The van der Waals surface area contributed by atoms with Crippen molar-refractivity contribution >= 4 is 29.4 Å². The molecule has 3 aromatic rings. The predicted octanol–water partition coefficient (Wildman–Crippen LogP) is 3.07. The van der Waals surface area contributed by atoms with Crippen LogP contribution in [0.4, 0.5) is 5.82 Å². The zero-order valence-corrected chi connectivity index (χ0v) is 20.0. The van der Waals surface area contributed by atoms with Crippen LogP contribution in [0.1, 0.15) is 36.7 Å². The van der Waals surface area contributed by atoms with Gasteiger partial charge in [-0.2, -0.15) is 0 Å². The van der Waals surface area contributed by atoms with Crippen LogP contribution in [0.2, 0.25) is 0 Å². The number of thioether (sulfide) groups is 1. The number of nitrogens with one attached hydrogen (secondary N) is 2. The Balaban J connectivity index is 1.43. The minimum absolute atomic E-state index is 0.0897. The van der Waals surface area contributed by atoms with Crippen LogP contribution < -0.4 is 15.4 Å². The number of rotatable bonds is 10. The third kappa shape index (κ3) is 7.04. The molecule has 0 aliphatic carbocycles. The largest absolute Gasteiger partial charge is 0.484 e. The molecular weight excluding hydrogens is 440 g/mol. The Morgan fingerprint density at radius 1 is 1.12 bits per heavy atom. The van der Waals surface area contributed by atoms with Crippen molar-refractivity contribution in [3.8, 4) is 5.75 Å². The van der Waals surface area contributed by atoms with Crippen molar-refractivity contribution < 1.29 is 14.3 Å². The fourth-order valence-electron chi connectivity index (χ4n) is 2.87. The molecule has 0 fully saturated rings. The van der Waals surface area contributed by atoms with Gasteiger partial charge in [-0.1, -0.05) is 43.8 Å². The number of aryl methyl sites for hydroxylation is 1. The first-order chi connectivity index (χ1) is 15.8. The summed E-state index contributed by atoms with van der Waals surface area (Å²) in [5.74, 6) is 1.93. The topological polar surface area (TPSA) is 111 Å². The molecule has 9 nitrogen and oxygen atoms in total. The predicted molar refractivity (Wildman–Crippen MR) is 127 cm³/mol. The average Bonchev–Trinajstić information content (AvgIpc) is 3.16. The number of hydrogen-bond acceptors (Lipinski definition) is 7. The minimum Gasteiger partial charge on any atom is -0.484 e. The van der Waals surface area contributed by atoms with Crippen LogP contribution in [0.3, 0.4) is 0 Å². The number of carbonyl (C=O) groups is 2. The second-order valence-corrected chi connectivity index (χ2v) is 8.70. The molecule has 10 heteroatoms. The molecule has 33 heavy (non-hydrogen) atoms. The molecule has 2 amide bonds. The summed E-state index contributed by atoms with van der Waals surface area (Å²) in [5.41, 5.74) is 2.11. The lowest BCUT2D eigenvalue weighted by Crippen LogP contribution is -2.29. The van der Waals surface area contributed by atoms with Crippen molar-refractivity contribution in [2.24, 2.45) is 7.05 Å². The molecule has 3 rings (SSSR count). The molecule has 2 N–H and O–H groups in total. The van der Waals surface area contributed by atoms with Gasteiger partial charge in [0.1, 0.15) is 11.6 Å². The Hall–Kier alpha value is -3.40. The van der Waals surface area contributed by atoms with Gasteiger partial charge in [-0.25, -0.2) is 4.98 Å². The number of nitrogens with zero attached hydrogens (tertiary/aromatic N) is 4. The Kier molecular flexibility index (Phi) is 8.42. The number of ether oxygens (including phenoxy) is 1. The van der Waals surface area contributed by atoms with E-state index in [1.54, 1.807) is 17.8 Å². The third-order valence-electron chi connectivity index (χ3n) is 4.89. The highest BCUT2D eigenvalue weighted by atomic mass is 32.2. The van der Waals surface area contributed by atoms with Gasteiger partial charge in [0.05, 0.1) is 12.3 Å². The Labute approximate surface area is 197 Å². The van der Waals surface area contributed by atoms with E-state index in [0.717, 1.165) is 5.56 Å². The summed E-state index contributed by atoms with van der Waals surface area (Å²) in [6, 6.07) is 11.4. The van der Waals surface area contributed by atoms with Crippen LogP contribution in [0.15, 0.2) is 47.8 Å². The average molecular weight is 469 g/mol. The molecule has 1 aromatic carbocycles. The highest BCUT2D eigenvalue weighted by molar-refractivity contribution is 7.99. The van der Waals surface area contributed by atoms with Crippen molar-refractivity contribution in [1.82, 2.24) is 25.1 Å². The molecule has 2 aromatic heterocycles. The SMILES string of the molecule is Cc1cccnc1NC(=O)CSc1nnc(CNC(=O)COc2ccc(C(C)C)cc2)n1C. The molecule has 174 valence electrons. The van der Waals surface area contributed by atoms with E-state index >= 15 is 0 Å². The molecular formula is C23H28N6O3S. The third-order valence-corrected chi connectivity index (χ3v) is 5.91. The van der Waals surface area contributed by atoms with Gasteiger partial charge in [-0.3, -0.25) is 9.59 Å². The summed E-state index contributed by atoms with van der Waals surface area (Å²) in [6.45, 7) is 6.24. The highest BCUT2D eigenvalue weighted by Crippen LogP contribution is 2.19. The van der Waals surface area contributed by atoms with E-state index in [2.05, 4.69) is 39.7 Å². The number of pyridine rings is 1. The summed E-state index contributed by atoms with van der Waals surface area (Å²) in [7, 11) is 1.79. The second kappa shape index (κ2) is 11.5. The lowest BCUT2D eigenvalue weighted by molar-refractivity contribution is -0.123. The van der Waals surface area contributed by atoms with Crippen molar-refractivity contribution in [3.05, 3.63) is 59.5 Å². The molecule has 0 saturated heterocycles. The lowest BCUT2D eigenvalue weighted by Gasteiger charge is -2.09. The van der Waals surface area contributed by atoms with E-state index in [1.165, 1.54) is 17.3 Å². The van der Waals surface area contributed by atoms with E-state index in [4.69, 9.17) is 4.74 Å². The van der Waals surface area contributed by atoms with Crippen molar-refractivity contribution in [2.45, 2.75) is 38.4 Å². The fourth-order valence-corrected chi connectivity index (χ4v) is 3.60. The van der Waals surface area contributed by atoms with Crippen LogP contribution in [-0.4, -0.2) is 43.9 Å². The molecule has 0 spiro atoms. The molecule has 0 atom stereocenters. The van der Waals surface area contributed by atoms with Gasteiger partial charge >= 0.3 is 0 Å². The van der Waals surface area contributed by atoms with E-state index in [-0.39, 0.29) is 30.7 Å². The van der Waals surface area contributed by atoms with Crippen LogP contribution in [-0.2, 0) is 23.2 Å². The number of carbonyl (C=O) groups excluding carboxylic acids is 2. The van der Waals surface area contributed by atoms with Gasteiger partial charge in [0.15, 0.2) is 17.6 Å². The number of hydrogen-bond donors (Lipinski definition) is 2. The zero-order chi connectivity index (χ0) is 23.8. The van der Waals surface area contributed by atoms with Gasteiger partial charge in [0.2, 0.25) is 5.91 Å². The maximum atomic E-state index is 12.2. The molecule has 0 unspecified atom stereocenters. The quantitative estimate of drug-likeness (QED) is 0.440. The normalized spacial score (nSPS) is 10.8. The number of amides is 2. The number of aromatic nitrogens is 4. The monoisotopic (exact) mass is 468 g/mol. The van der Waals surface area contributed by atoms with Gasteiger partial charge in [-0.05, 0) is 42.2 Å². The molecule has 0 radical (unpaired) electrons. The molecule has 0 bridgehead atoms. The molecule has 0 saturated carbocycles. The Morgan fingerprint density at radius 2 is 1.88 bits per heavy atom. The van der Waals surface area contributed by atoms with Crippen molar-refractivity contribution in [1.29, 1.82) is 0 Å². The zero-order valence-electron chi connectivity index (χ0n) is 19.2. The maximum absolute atomic E-state index is 12.2. The minimum atomic E-state index is -0.259. The van der Waals surface area contributed by atoms with Crippen LogP contribution in [0, 0.1) is 6.92 Å². The summed E-state index contributed by atoms with van der Waals surface area (Å²) < 4.78 is 7.29. The summed E-state index contributed by atoms with van der Waals surface area (Å²) >= 11 is 1.26. The van der Waals surface area contributed by atoms with E-state index in [0.29, 0.717) is 28.5 Å². The van der Waals surface area contributed by atoms with Crippen LogP contribution in [0.25, 0.3) is 0 Å². The van der Waals surface area contributed by atoms with Gasteiger partial charge < -0.3 is 19.9 Å². The summed E-state index contributed by atoms with van der Waals surface area (Å²) in [4.78, 5) is 28.5. The second-order valence-electron chi connectivity index (χ2n) is 7.75. The van der Waals surface area contributed by atoms with Crippen LogP contribution in [0.5, 0.6) is 5.75 Å².